The predicted octanol–water partition coefficient (Wildman–Crippen LogP) is 0.773. The van der Waals surface area contributed by atoms with Gasteiger partial charge in [-0.05, 0) is 29.8 Å². The fourth-order valence-electron chi connectivity index (χ4n) is 4.24. The van der Waals surface area contributed by atoms with Gasteiger partial charge >= 0.3 is 5.69 Å². The minimum absolute atomic E-state index is 0.0853. The minimum Gasteiger partial charge on any atom is -0.497 e. The second kappa shape index (κ2) is 11.2. The van der Waals surface area contributed by atoms with Crippen LogP contribution in [-0.2, 0) is 11.3 Å². The summed E-state index contributed by atoms with van der Waals surface area (Å²) in [6, 6.07) is 11.7. The van der Waals surface area contributed by atoms with Gasteiger partial charge in [-0.15, -0.1) is 0 Å². The molecular weight excluding hydrogens is 494 g/mol. The summed E-state index contributed by atoms with van der Waals surface area (Å²) >= 11 is 0. The van der Waals surface area contributed by atoms with Crippen LogP contribution in [0, 0.1) is 0 Å². The first-order valence-corrected chi connectivity index (χ1v) is 11.9. The van der Waals surface area contributed by atoms with Crippen molar-refractivity contribution in [1.29, 1.82) is 0 Å². The average molecular weight is 524 g/mol. The van der Waals surface area contributed by atoms with E-state index in [-0.39, 0.29) is 31.2 Å². The van der Waals surface area contributed by atoms with Gasteiger partial charge in [-0.2, -0.15) is 9.78 Å². The molecule has 0 unspecified atom stereocenters. The molecule has 200 valence electrons. The lowest BCUT2D eigenvalue weighted by molar-refractivity contribution is -0.130. The molecule has 3 aromatic rings. The van der Waals surface area contributed by atoms with Crippen molar-refractivity contribution >= 4 is 11.8 Å². The van der Waals surface area contributed by atoms with Crippen LogP contribution in [0.15, 0.2) is 52.1 Å². The number of rotatable bonds is 7. The van der Waals surface area contributed by atoms with E-state index in [4.69, 9.17) is 14.2 Å². The highest BCUT2D eigenvalue weighted by Gasteiger charge is 2.28. The van der Waals surface area contributed by atoms with Crippen LogP contribution < -0.4 is 25.5 Å². The van der Waals surface area contributed by atoms with E-state index in [0.717, 1.165) is 9.25 Å². The van der Waals surface area contributed by atoms with Crippen molar-refractivity contribution in [2.75, 3.05) is 47.5 Å². The van der Waals surface area contributed by atoms with Crippen molar-refractivity contribution < 1.29 is 23.8 Å². The zero-order valence-corrected chi connectivity index (χ0v) is 21.7. The van der Waals surface area contributed by atoms with Gasteiger partial charge in [0.2, 0.25) is 11.6 Å². The van der Waals surface area contributed by atoms with E-state index in [2.05, 4.69) is 5.10 Å². The molecule has 0 bridgehead atoms. The van der Waals surface area contributed by atoms with E-state index in [9.17, 15) is 19.2 Å². The van der Waals surface area contributed by atoms with Crippen LogP contribution in [0.3, 0.4) is 0 Å². The molecule has 38 heavy (non-hydrogen) atoms. The number of nitrogens with zero attached hydrogens (tertiary/aromatic N) is 5. The zero-order chi connectivity index (χ0) is 27.4. The number of carbonyl (C=O) groups excluding carboxylic acids is 2. The van der Waals surface area contributed by atoms with E-state index in [1.807, 2.05) is 0 Å². The first kappa shape index (κ1) is 26.5. The van der Waals surface area contributed by atoms with Crippen LogP contribution >= 0.6 is 0 Å². The largest absolute Gasteiger partial charge is 0.497 e. The Labute approximate surface area is 218 Å². The van der Waals surface area contributed by atoms with Gasteiger partial charge in [0.05, 0.1) is 33.6 Å². The normalized spacial score (nSPS) is 13.3. The van der Waals surface area contributed by atoms with Crippen molar-refractivity contribution in [1.82, 2.24) is 24.1 Å². The molecule has 2 heterocycles. The van der Waals surface area contributed by atoms with Gasteiger partial charge in [0, 0.05) is 39.2 Å². The highest BCUT2D eigenvalue weighted by molar-refractivity contribution is 5.92. The minimum atomic E-state index is -0.812. The lowest BCUT2D eigenvalue weighted by atomic mass is 10.2. The summed E-state index contributed by atoms with van der Waals surface area (Å²) in [5, 5.41) is 4.22. The molecule has 0 spiro atoms. The lowest BCUT2D eigenvalue weighted by Crippen LogP contribution is -2.52. The molecule has 1 fully saturated rings. The highest BCUT2D eigenvalue weighted by Crippen LogP contribution is 2.28. The molecule has 2 aromatic carbocycles. The number of piperazine rings is 1. The maximum absolute atomic E-state index is 13.6. The van der Waals surface area contributed by atoms with E-state index >= 15 is 0 Å². The smallest absolute Gasteiger partial charge is 0.352 e. The number of amides is 2. The molecule has 0 N–H and O–H groups in total. The van der Waals surface area contributed by atoms with Gasteiger partial charge in [0.1, 0.15) is 5.75 Å². The maximum atomic E-state index is 13.6. The lowest BCUT2D eigenvalue weighted by Gasteiger charge is -2.33. The highest BCUT2D eigenvalue weighted by atomic mass is 16.5. The fraction of sp³-hybridized carbons (Fsp3) is 0.346. The molecule has 4 rings (SSSR count). The molecule has 1 saturated heterocycles. The third-order valence-corrected chi connectivity index (χ3v) is 6.36. The number of methoxy groups -OCH3 is 3. The summed E-state index contributed by atoms with van der Waals surface area (Å²) in [4.78, 5) is 55.3. The van der Waals surface area contributed by atoms with Crippen LogP contribution in [0.5, 0.6) is 17.2 Å². The monoisotopic (exact) mass is 523 g/mol. The van der Waals surface area contributed by atoms with Crippen molar-refractivity contribution in [3.8, 4) is 22.9 Å². The summed E-state index contributed by atoms with van der Waals surface area (Å²) in [6.07, 6.45) is 0. The predicted molar refractivity (Wildman–Crippen MR) is 137 cm³/mol. The Balaban J connectivity index is 1.83. The first-order valence-electron chi connectivity index (χ1n) is 11.9. The standard InChI is InChI=1S/C26H29N5O7/c1-17(32)28-10-12-29(13-11-28)24(33)23-25(34)30(16-18-6-5-7-20(14-18)36-2)26(35)31(27-23)19-8-9-21(37-3)22(15-19)38-4/h5-9,14-15H,10-13,16H2,1-4H3. The first-order chi connectivity index (χ1) is 18.3. The van der Waals surface area contributed by atoms with E-state index in [1.165, 1.54) is 39.2 Å². The van der Waals surface area contributed by atoms with Crippen molar-refractivity contribution in [3.63, 3.8) is 0 Å². The number of aromatic nitrogens is 3. The van der Waals surface area contributed by atoms with Crippen LogP contribution in [-0.4, -0.2) is 83.5 Å². The van der Waals surface area contributed by atoms with Gasteiger partial charge < -0.3 is 24.0 Å². The van der Waals surface area contributed by atoms with Crippen LogP contribution in [0.1, 0.15) is 23.0 Å². The van der Waals surface area contributed by atoms with Crippen molar-refractivity contribution in [3.05, 3.63) is 74.6 Å². The Morgan fingerprint density at radius 1 is 0.868 bits per heavy atom. The number of carbonyl (C=O) groups is 2. The Morgan fingerprint density at radius 3 is 2.18 bits per heavy atom. The number of hydrogen-bond acceptors (Lipinski definition) is 8. The van der Waals surface area contributed by atoms with E-state index in [0.29, 0.717) is 35.9 Å². The molecule has 12 heteroatoms. The second-order valence-corrected chi connectivity index (χ2v) is 8.62. The van der Waals surface area contributed by atoms with Gasteiger partial charge in [-0.25, -0.2) is 4.79 Å². The second-order valence-electron chi connectivity index (χ2n) is 8.62. The number of ether oxygens (including phenoxy) is 3. The Morgan fingerprint density at radius 2 is 1.55 bits per heavy atom. The molecule has 0 saturated carbocycles. The number of benzene rings is 2. The summed E-state index contributed by atoms with van der Waals surface area (Å²) in [6.45, 7) is 2.52. The maximum Gasteiger partial charge on any atom is 0.352 e. The van der Waals surface area contributed by atoms with Gasteiger partial charge in [-0.3, -0.25) is 19.0 Å². The fourth-order valence-corrected chi connectivity index (χ4v) is 4.24. The molecule has 0 aliphatic carbocycles. The Hall–Kier alpha value is -4.61. The molecule has 12 nitrogen and oxygen atoms in total. The van der Waals surface area contributed by atoms with Crippen LogP contribution in [0.25, 0.3) is 5.69 Å². The van der Waals surface area contributed by atoms with Gasteiger partial charge in [-0.1, -0.05) is 12.1 Å². The summed E-state index contributed by atoms with van der Waals surface area (Å²) in [5.41, 5.74) is -1.04. The SMILES string of the molecule is COc1cccc(Cn2c(=O)c(C(=O)N3CCN(C(C)=O)CC3)nn(-c3ccc(OC)c(OC)c3)c2=O)c1. The molecule has 1 aromatic heterocycles. The molecule has 1 aliphatic heterocycles. The summed E-state index contributed by atoms with van der Waals surface area (Å²) in [5.74, 6) is 0.639. The number of hydrogen-bond donors (Lipinski definition) is 0. The third-order valence-electron chi connectivity index (χ3n) is 6.36. The van der Waals surface area contributed by atoms with Crippen LogP contribution in [0.2, 0.25) is 0 Å². The zero-order valence-electron chi connectivity index (χ0n) is 21.7. The third kappa shape index (κ3) is 5.24. The van der Waals surface area contributed by atoms with Crippen LogP contribution in [0.4, 0.5) is 0 Å². The molecular formula is C26H29N5O7. The Kier molecular flexibility index (Phi) is 7.79. The average Bonchev–Trinajstić information content (AvgIpc) is 2.94. The van der Waals surface area contributed by atoms with Crippen molar-refractivity contribution in [2.45, 2.75) is 13.5 Å². The van der Waals surface area contributed by atoms with Gasteiger partial charge in [0.25, 0.3) is 11.5 Å². The quantitative estimate of drug-likeness (QED) is 0.445. The van der Waals surface area contributed by atoms with Crippen molar-refractivity contribution in [2.24, 2.45) is 0 Å². The molecule has 0 atom stereocenters. The molecule has 1 aliphatic rings. The molecule has 2 amide bonds. The Bertz CT molecular complexity index is 1470. The van der Waals surface area contributed by atoms with Gasteiger partial charge in [0.15, 0.2) is 11.5 Å². The summed E-state index contributed by atoms with van der Waals surface area (Å²) < 4.78 is 17.9. The van der Waals surface area contributed by atoms with E-state index in [1.54, 1.807) is 41.3 Å². The van der Waals surface area contributed by atoms with E-state index < -0.39 is 22.9 Å². The molecule has 0 radical (unpaired) electrons. The summed E-state index contributed by atoms with van der Waals surface area (Å²) in [7, 11) is 4.46. The topological polar surface area (TPSA) is 125 Å².